The van der Waals surface area contributed by atoms with Crippen LogP contribution in [0.15, 0.2) is 24.5 Å². The lowest BCUT2D eigenvalue weighted by atomic mass is 10.1. The molecule has 1 aliphatic rings. The maximum absolute atomic E-state index is 11.8. The average molecular weight is 295 g/mol. The number of nitrogens with zero attached hydrogens (tertiary/aromatic N) is 5. The van der Waals surface area contributed by atoms with Crippen LogP contribution in [0.2, 0.25) is 0 Å². The van der Waals surface area contributed by atoms with Gasteiger partial charge in [-0.1, -0.05) is 0 Å². The molecule has 1 aliphatic heterocycles. The van der Waals surface area contributed by atoms with E-state index < -0.39 is 0 Å². The van der Waals surface area contributed by atoms with Gasteiger partial charge in [0, 0.05) is 31.9 Å². The summed E-state index contributed by atoms with van der Waals surface area (Å²) in [5, 5.41) is 11.1. The van der Waals surface area contributed by atoms with E-state index in [0.717, 1.165) is 23.5 Å². The summed E-state index contributed by atoms with van der Waals surface area (Å²) in [5.41, 5.74) is 3.75. The molecule has 0 radical (unpaired) electrons. The Kier molecular flexibility index (Phi) is 2.75. The molecule has 1 amide bonds. The summed E-state index contributed by atoms with van der Waals surface area (Å²) < 4.78 is 0. The number of rotatable bonds is 2. The van der Waals surface area contributed by atoms with E-state index in [9.17, 15) is 4.79 Å². The van der Waals surface area contributed by atoms with Crippen LogP contribution in [0.5, 0.6) is 0 Å². The van der Waals surface area contributed by atoms with Crippen LogP contribution < -0.4 is 5.32 Å². The minimum atomic E-state index is -0.0491. The standard InChI is InChI=1S/C14H13N7O/c1-21-17-7-12(20-21)13-15-4-3-10(19-13)11-6-8-9(18-11)2-5-16-14(8)22/h3-4,6-7,18H,2,5H2,1H3,(H,16,22). The van der Waals surface area contributed by atoms with Crippen LogP contribution in [0.4, 0.5) is 0 Å². The number of carbonyl (C=O) groups excluding carboxylic acids is 1. The van der Waals surface area contributed by atoms with E-state index in [1.807, 2.05) is 6.07 Å². The van der Waals surface area contributed by atoms with Crippen LogP contribution in [0.3, 0.4) is 0 Å². The van der Waals surface area contributed by atoms with Crippen molar-refractivity contribution in [1.29, 1.82) is 0 Å². The molecule has 0 fully saturated rings. The van der Waals surface area contributed by atoms with E-state index in [4.69, 9.17) is 0 Å². The minimum Gasteiger partial charge on any atom is -0.356 e. The highest BCUT2D eigenvalue weighted by Crippen LogP contribution is 2.23. The van der Waals surface area contributed by atoms with Crippen LogP contribution in [-0.4, -0.2) is 42.4 Å². The molecular weight excluding hydrogens is 282 g/mol. The van der Waals surface area contributed by atoms with Crippen LogP contribution in [0.1, 0.15) is 16.1 Å². The average Bonchev–Trinajstić information content (AvgIpc) is 3.14. The third-order valence-corrected chi connectivity index (χ3v) is 3.56. The van der Waals surface area contributed by atoms with Gasteiger partial charge in [0.25, 0.3) is 5.91 Å². The number of nitrogens with one attached hydrogen (secondary N) is 2. The molecule has 0 bridgehead atoms. The Balaban J connectivity index is 1.76. The van der Waals surface area contributed by atoms with Crippen LogP contribution >= 0.6 is 0 Å². The second kappa shape index (κ2) is 4.76. The summed E-state index contributed by atoms with van der Waals surface area (Å²) in [6.45, 7) is 0.653. The third kappa shape index (κ3) is 2.05. The summed E-state index contributed by atoms with van der Waals surface area (Å²) in [5.74, 6) is 0.453. The normalized spacial score (nSPS) is 13.8. The molecule has 4 heterocycles. The number of hydrogen-bond donors (Lipinski definition) is 2. The van der Waals surface area contributed by atoms with Crippen molar-refractivity contribution in [2.24, 2.45) is 7.05 Å². The van der Waals surface area contributed by atoms with Crippen LogP contribution in [0, 0.1) is 0 Å². The monoisotopic (exact) mass is 295 g/mol. The first kappa shape index (κ1) is 12.7. The van der Waals surface area contributed by atoms with Crippen molar-refractivity contribution in [2.45, 2.75) is 6.42 Å². The van der Waals surface area contributed by atoms with Gasteiger partial charge >= 0.3 is 0 Å². The quantitative estimate of drug-likeness (QED) is 0.719. The Hall–Kier alpha value is -3.03. The number of aryl methyl sites for hydroxylation is 1. The van der Waals surface area contributed by atoms with Gasteiger partial charge < -0.3 is 10.3 Å². The van der Waals surface area contributed by atoms with Gasteiger partial charge in [-0.25, -0.2) is 9.97 Å². The lowest BCUT2D eigenvalue weighted by Crippen LogP contribution is -2.31. The number of amides is 1. The Morgan fingerprint density at radius 2 is 2.23 bits per heavy atom. The Labute approximate surface area is 125 Å². The summed E-state index contributed by atoms with van der Waals surface area (Å²) in [6.07, 6.45) is 4.09. The SMILES string of the molecule is Cn1ncc(-c2nccc(-c3cc4c([nH]3)CCNC4=O)n2)n1. The fraction of sp³-hybridized carbons (Fsp3) is 0.214. The lowest BCUT2D eigenvalue weighted by molar-refractivity contribution is 0.0946. The van der Waals surface area contributed by atoms with Gasteiger partial charge in [0.1, 0.15) is 5.69 Å². The summed E-state index contributed by atoms with van der Waals surface area (Å²) in [7, 11) is 1.74. The number of aromatic amines is 1. The van der Waals surface area contributed by atoms with Gasteiger partial charge in [0.2, 0.25) is 0 Å². The first-order chi connectivity index (χ1) is 10.7. The molecule has 8 heteroatoms. The maximum atomic E-state index is 11.8. The summed E-state index contributed by atoms with van der Waals surface area (Å²) in [4.78, 5) is 25.3. The van der Waals surface area contributed by atoms with Gasteiger partial charge in [0.05, 0.1) is 23.1 Å². The smallest absolute Gasteiger partial charge is 0.253 e. The molecule has 2 N–H and O–H groups in total. The predicted molar refractivity (Wildman–Crippen MR) is 77.9 cm³/mol. The minimum absolute atomic E-state index is 0.0491. The van der Waals surface area contributed by atoms with Crippen molar-refractivity contribution in [3.63, 3.8) is 0 Å². The first-order valence-corrected chi connectivity index (χ1v) is 6.91. The molecule has 0 saturated carbocycles. The maximum Gasteiger partial charge on any atom is 0.253 e. The molecule has 0 spiro atoms. The van der Waals surface area contributed by atoms with Gasteiger partial charge in [-0.05, 0) is 12.1 Å². The molecule has 0 aliphatic carbocycles. The molecule has 3 aromatic heterocycles. The largest absolute Gasteiger partial charge is 0.356 e. The van der Waals surface area contributed by atoms with E-state index in [2.05, 4.69) is 30.5 Å². The Morgan fingerprint density at radius 1 is 1.32 bits per heavy atom. The molecule has 0 aromatic carbocycles. The number of carbonyl (C=O) groups is 1. The van der Waals surface area contributed by atoms with Crippen molar-refractivity contribution in [3.8, 4) is 22.9 Å². The van der Waals surface area contributed by atoms with Crippen molar-refractivity contribution < 1.29 is 4.79 Å². The van der Waals surface area contributed by atoms with E-state index in [0.29, 0.717) is 23.6 Å². The number of H-pyrrole nitrogens is 1. The van der Waals surface area contributed by atoms with Gasteiger partial charge in [-0.3, -0.25) is 4.79 Å². The van der Waals surface area contributed by atoms with Crippen molar-refractivity contribution in [3.05, 3.63) is 35.8 Å². The number of aromatic nitrogens is 6. The third-order valence-electron chi connectivity index (χ3n) is 3.56. The summed E-state index contributed by atoms with van der Waals surface area (Å²) in [6, 6.07) is 3.63. The van der Waals surface area contributed by atoms with Crippen molar-refractivity contribution >= 4 is 5.91 Å². The summed E-state index contributed by atoms with van der Waals surface area (Å²) >= 11 is 0. The van der Waals surface area contributed by atoms with E-state index in [1.165, 1.54) is 4.80 Å². The van der Waals surface area contributed by atoms with Crippen molar-refractivity contribution in [1.82, 2.24) is 35.3 Å². The number of hydrogen-bond acceptors (Lipinski definition) is 5. The zero-order valence-electron chi connectivity index (χ0n) is 11.9. The van der Waals surface area contributed by atoms with Crippen LogP contribution in [-0.2, 0) is 13.5 Å². The molecule has 4 rings (SSSR count). The van der Waals surface area contributed by atoms with Gasteiger partial charge in [-0.2, -0.15) is 15.0 Å². The fourth-order valence-electron chi connectivity index (χ4n) is 2.51. The highest BCUT2D eigenvalue weighted by Gasteiger charge is 2.20. The van der Waals surface area contributed by atoms with Gasteiger partial charge in [-0.15, -0.1) is 0 Å². The molecule has 0 saturated heterocycles. The van der Waals surface area contributed by atoms with E-state index in [1.54, 1.807) is 25.5 Å². The molecule has 0 unspecified atom stereocenters. The highest BCUT2D eigenvalue weighted by molar-refractivity contribution is 5.97. The zero-order valence-corrected chi connectivity index (χ0v) is 11.9. The van der Waals surface area contributed by atoms with Crippen molar-refractivity contribution in [2.75, 3.05) is 6.54 Å². The Bertz CT molecular complexity index is 864. The molecule has 22 heavy (non-hydrogen) atoms. The lowest BCUT2D eigenvalue weighted by Gasteiger charge is -2.10. The fourth-order valence-corrected chi connectivity index (χ4v) is 2.51. The van der Waals surface area contributed by atoms with Crippen LogP contribution in [0.25, 0.3) is 22.9 Å². The molecule has 0 atom stereocenters. The van der Waals surface area contributed by atoms with E-state index in [-0.39, 0.29) is 5.91 Å². The first-order valence-electron chi connectivity index (χ1n) is 6.91. The Morgan fingerprint density at radius 3 is 3.00 bits per heavy atom. The zero-order chi connectivity index (χ0) is 15.1. The second-order valence-electron chi connectivity index (χ2n) is 5.07. The highest BCUT2D eigenvalue weighted by atomic mass is 16.1. The predicted octanol–water partition coefficient (Wildman–Crippen LogP) is 0.553. The van der Waals surface area contributed by atoms with E-state index >= 15 is 0 Å². The second-order valence-corrected chi connectivity index (χ2v) is 5.07. The molecule has 110 valence electrons. The molecule has 3 aromatic rings. The molecular formula is C14H13N7O. The number of fused-ring (bicyclic) bond motifs is 1. The van der Waals surface area contributed by atoms with Gasteiger partial charge in [0.15, 0.2) is 5.82 Å². The topological polar surface area (TPSA) is 101 Å². The molecule has 8 nitrogen and oxygen atoms in total.